The van der Waals surface area contributed by atoms with Gasteiger partial charge >= 0.3 is 0 Å². The number of aryl methyl sites for hydroxylation is 1. The molecule has 1 rings (SSSR count). The molecule has 1 N–H and O–H groups in total. The van der Waals surface area contributed by atoms with Crippen LogP contribution in [-0.4, -0.2) is 16.1 Å². The molecule has 0 atom stereocenters. The van der Waals surface area contributed by atoms with E-state index >= 15 is 0 Å². The second-order valence-corrected chi connectivity index (χ2v) is 3.09. The van der Waals surface area contributed by atoms with E-state index < -0.39 is 0 Å². The van der Waals surface area contributed by atoms with Crippen molar-refractivity contribution in [3.05, 3.63) is 11.8 Å². The van der Waals surface area contributed by atoms with E-state index in [1.807, 2.05) is 27.7 Å². The fourth-order valence-corrected chi connectivity index (χ4v) is 0.776. The summed E-state index contributed by atoms with van der Waals surface area (Å²) < 4.78 is 5.08. The number of aromatic nitrogens is 2. The molecule has 0 spiro atoms. The monoisotopic (exact) mass is 213 g/mol. The van der Waals surface area contributed by atoms with Crippen molar-refractivity contribution in [2.24, 2.45) is 5.92 Å². The highest BCUT2D eigenvalue weighted by Crippen LogP contribution is 1.98. The summed E-state index contributed by atoms with van der Waals surface area (Å²) >= 11 is 0. The molecule has 0 unspecified atom stereocenters. The van der Waals surface area contributed by atoms with E-state index in [0.29, 0.717) is 18.3 Å². The van der Waals surface area contributed by atoms with Crippen LogP contribution in [0.25, 0.3) is 0 Å². The van der Waals surface area contributed by atoms with Gasteiger partial charge in [-0.15, -0.1) is 10.2 Å². The summed E-state index contributed by atoms with van der Waals surface area (Å²) in [5.74, 6) is 0.903. The van der Waals surface area contributed by atoms with Crippen LogP contribution in [-0.2, 0) is 11.3 Å². The zero-order valence-electron chi connectivity index (χ0n) is 10.00. The van der Waals surface area contributed by atoms with Crippen molar-refractivity contribution in [3.63, 3.8) is 0 Å². The Bertz CT molecular complexity index is 295. The van der Waals surface area contributed by atoms with Crippen molar-refractivity contribution < 1.29 is 9.21 Å². The third-order valence-corrected chi connectivity index (χ3v) is 1.51. The summed E-state index contributed by atoms with van der Waals surface area (Å²) in [5, 5.41) is 10.1. The van der Waals surface area contributed by atoms with Crippen LogP contribution in [0.4, 0.5) is 0 Å². The highest BCUT2D eigenvalue weighted by Gasteiger charge is 2.08. The van der Waals surface area contributed by atoms with Gasteiger partial charge < -0.3 is 9.73 Å². The van der Waals surface area contributed by atoms with Crippen molar-refractivity contribution in [2.75, 3.05) is 0 Å². The molecule has 0 aliphatic rings. The lowest BCUT2D eigenvalue weighted by molar-refractivity contribution is -0.124. The summed E-state index contributed by atoms with van der Waals surface area (Å²) in [5.41, 5.74) is 0. The second kappa shape index (κ2) is 6.98. The Labute approximate surface area is 90.3 Å². The van der Waals surface area contributed by atoms with Crippen LogP contribution >= 0.6 is 0 Å². The first-order valence-electron chi connectivity index (χ1n) is 5.16. The lowest BCUT2D eigenvalue weighted by Gasteiger charge is -2.03. The van der Waals surface area contributed by atoms with Crippen molar-refractivity contribution in [2.45, 2.75) is 41.2 Å². The topological polar surface area (TPSA) is 68.0 Å². The van der Waals surface area contributed by atoms with Crippen LogP contribution in [0.5, 0.6) is 0 Å². The van der Waals surface area contributed by atoms with Gasteiger partial charge in [-0.25, -0.2) is 0 Å². The first kappa shape index (κ1) is 13.6. The van der Waals surface area contributed by atoms with E-state index in [1.165, 1.54) is 0 Å². The van der Waals surface area contributed by atoms with Gasteiger partial charge in [-0.05, 0) is 0 Å². The number of carbonyl (C=O) groups excluding carboxylic acids is 1. The molecule has 0 saturated carbocycles. The quantitative estimate of drug-likeness (QED) is 0.829. The fraction of sp³-hybridized carbons (Fsp3) is 0.700. The zero-order valence-corrected chi connectivity index (χ0v) is 10.00. The molecule has 86 valence electrons. The number of amides is 1. The molecule has 0 aliphatic carbocycles. The van der Waals surface area contributed by atoms with Crippen LogP contribution < -0.4 is 5.32 Å². The summed E-state index contributed by atoms with van der Waals surface area (Å²) in [6, 6.07) is 0. The Morgan fingerprint density at radius 3 is 2.40 bits per heavy atom. The van der Waals surface area contributed by atoms with E-state index in [1.54, 1.807) is 6.92 Å². The normalized spacial score (nSPS) is 9.47. The van der Waals surface area contributed by atoms with E-state index in [9.17, 15) is 4.79 Å². The van der Waals surface area contributed by atoms with Gasteiger partial charge in [0.25, 0.3) is 0 Å². The molecule has 0 radical (unpaired) electrons. The molecular formula is C10H19N3O2. The molecule has 0 aliphatic heterocycles. The lowest BCUT2D eigenvalue weighted by Crippen LogP contribution is -2.27. The first-order chi connectivity index (χ1) is 7.09. The van der Waals surface area contributed by atoms with Gasteiger partial charge in [-0.2, -0.15) is 0 Å². The number of hydrogen-bond donors (Lipinski definition) is 1. The predicted molar refractivity (Wildman–Crippen MR) is 57.1 cm³/mol. The summed E-state index contributed by atoms with van der Waals surface area (Å²) in [4.78, 5) is 11.1. The molecule has 5 nitrogen and oxygen atoms in total. The number of rotatable bonds is 3. The van der Waals surface area contributed by atoms with Gasteiger partial charge in [-0.1, -0.05) is 27.7 Å². The van der Waals surface area contributed by atoms with Crippen LogP contribution in [0.1, 0.15) is 39.5 Å². The van der Waals surface area contributed by atoms with E-state index in [0.717, 1.165) is 0 Å². The summed E-state index contributed by atoms with van der Waals surface area (Å²) in [6.45, 7) is 9.67. The van der Waals surface area contributed by atoms with Gasteiger partial charge in [0.1, 0.15) is 0 Å². The average molecular weight is 213 g/mol. The SMILES string of the molecule is CC.Cc1nnc(CNC(=O)C(C)C)o1. The standard InChI is InChI=1S/C8H13N3O2.C2H6/c1-5(2)8(12)9-4-7-11-10-6(3)13-7;1-2/h5H,4H2,1-3H3,(H,9,12);1-2H3. The highest BCUT2D eigenvalue weighted by molar-refractivity contribution is 5.77. The molecule has 1 aromatic rings. The molecule has 0 saturated heterocycles. The van der Waals surface area contributed by atoms with Crippen LogP contribution in [0.2, 0.25) is 0 Å². The minimum Gasteiger partial charge on any atom is -0.424 e. The molecule has 1 heterocycles. The summed E-state index contributed by atoms with van der Waals surface area (Å²) in [6.07, 6.45) is 0. The third kappa shape index (κ3) is 5.15. The Morgan fingerprint density at radius 1 is 1.40 bits per heavy atom. The van der Waals surface area contributed by atoms with Crippen molar-refractivity contribution in [1.29, 1.82) is 0 Å². The van der Waals surface area contributed by atoms with Crippen LogP contribution in [0.3, 0.4) is 0 Å². The second-order valence-electron chi connectivity index (χ2n) is 3.09. The maximum Gasteiger partial charge on any atom is 0.235 e. The molecule has 0 fully saturated rings. The minimum absolute atomic E-state index is 0.0177. The Balaban J connectivity index is 0.000000921. The first-order valence-corrected chi connectivity index (χ1v) is 5.16. The molecule has 1 aromatic heterocycles. The Kier molecular flexibility index (Phi) is 6.33. The zero-order chi connectivity index (χ0) is 11.8. The van der Waals surface area contributed by atoms with Crippen molar-refractivity contribution in [1.82, 2.24) is 15.5 Å². The summed E-state index contributed by atoms with van der Waals surface area (Å²) in [7, 11) is 0. The Hall–Kier alpha value is -1.39. The van der Waals surface area contributed by atoms with Crippen LogP contribution in [0.15, 0.2) is 4.42 Å². The smallest absolute Gasteiger partial charge is 0.235 e. The van der Waals surface area contributed by atoms with Gasteiger partial charge in [0, 0.05) is 12.8 Å². The van der Waals surface area contributed by atoms with E-state index in [2.05, 4.69) is 15.5 Å². The molecule has 0 bridgehead atoms. The number of carbonyl (C=O) groups is 1. The number of nitrogens with zero attached hydrogens (tertiary/aromatic N) is 2. The average Bonchev–Trinajstić information content (AvgIpc) is 2.63. The lowest BCUT2D eigenvalue weighted by atomic mass is 10.2. The maximum absolute atomic E-state index is 11.1. The highest BCUT2D eigenvalue weighted by atomic mass is 16.4. The van der Waals surface area contributed by atoms with Gasteiger partial charge in [0.05, 0.1) is 6.54 Å². The van der Waals surface area contributed by atoms with E-state index in [-0.39, 0.29) is 11.8 Å². The third-order valence-electron chi connectivity index (χ3n) is 1.51. The van der Waals surface area contributed by atoms with Crippen molar-refractivity contribution in [3.8, 4) is 0 Å². The Morgan fingerprint density at radius 2 is 2.00 bits per heavy atom. The molecule has 1 amide bonds. The number of hydrogen-bond acceptors (Lipinski definition) is 4. The molecule has 0 aromatic carbocycles. The van der Waals surface area contributed by atoms with Crippen LogP contribution in [0, 0.1) is 12.8 Å². The predicted octanol–water partition coefficient (Wildman–Crippen LogP) is 1.68. The van der Waals surface area contributed by atoms with Gasteiger partial charge in [0.2, 0.25) is 17.7 Å². The van der Waals surface area contributed by atoms with E-state index in [4.69, 9.17) is 4.42 Å². The number of nitrogens with one attached hydrogen (secondary N) is 1. The molecule has 5 heteroatoms. The largest absolute Gasteiger partial charge is 0.424 e. The molecular weight excluding hydrogens is 194 g/mol. The molecule has 15 heavy (non-hydrogen) atoms. The minimum atomic E-state index is -0.0241. The fourth-order valence-electron chi connectivity index (χ4n) is 0.776. The van der Waals surface area contributed by atoms with Crippen molar-refractivity contribution >= 4 is 5.91 Å². The maximum atomic E-state index is 11.1. The van der Waals surface area contributed by atoms with Gasteiger partial charge in [-0.3, -0.25) is 4.79 Å². The van der Waals surface area contributed by atoms with Gasteiger partial charge in [0.15, 0.2) is 0 Å².